The Morgan fingerprint density at radius 1 is 1.00 bits per heavy atom. The van der Waals surface area contributed by atoms with Crippen LogP contribution in [0.1, 0.15) is 22.8 Å². The van der Waals surface area contributed by atoms with Crippen LogP contribution in [0.15, 0.2) is 36.4 Å². The summed E-state index contributed by atoms with van der Waals surface area (Å²) in [6.07, 6.45) is 0. The Balaban J connectivity index is 1.93. The number of rotatable bonds is 3. The van der Waals surface area contributed by atoms with Crippen LogP contribution in [0.5, 0.6) is 11.5 Å². The zero-order valence-corrected chi connectivity index (χ0v) is 17.1. The van der Waals surface area contributed by atoms with E-state index in [0.29, 0.717) is 6.54 Å². The van der Waals surface area contributed by atoms with Crippen LogP contribution in [0.2, 0.25) is 0 Å². The fourth-order valence-electron chi connectivity index (χ4n) is 5.05. The number of ether oxygens (including phenoxy) is 2. The van der Waals surface area contributed by atoms with Crippen LogP contribution < -0.4 is 14.8 Å². The Bertz CT molecular complexity index is 1520. The molecule has 6 rings (SSSR count). The van der Waals surface area contributed by atoms with Gasteiger partial charge in [0.2, 0.25) is 0 Å². The minimum atomic E-state index is -0.0212. The summed E-state index contributed by atoms with van der Waals surface area (Å²) in [6, 6.07) is 12.1. The Morgan fingerprint density at radius 2 is 1.73 bits per heavy atom. The summed E-state index contributed by atoms with van der Waals surface area (Å²) in [5, 5.41) is 7.24. The molecule has 1 aliphatic rings. The van der Waals surface area contributed by atoms with E-state index in [1.54, 1.807) is 14.2 Å². The Morgan fingerprint density at radius 3 is 2.47 bits per heavy atom. The van der Waals surface area contributed by atoms with E-state index in [2.05, 4.69) is 27.9 Å². The van der Waals surface area contributed by atoms with E-state index in [-0.39, 0.29) is 5.91 Å². The number of carbonyl (C=O) groups excluding carboxylic acids is 1. The summed E-state index contributed by atoms with van der Waals surface area (Å²) < 4.78 is 13.2. The molecule has 3 heterocycles. The van der Waals surface area contributed by atoms with Crippen LogP contribution in [0.4, 0.5) is 0 Å². The third-order valence-electron chi connectivity index (χ3n) is 6.34. The quantitative estimate of drug-likeness (QED) is 0.462. The number of hydrogen-bond acceptors (Lipinski definition) is 3. The Hall–Kier alpha value is -3.67. The van der Waals surface area contributed by atoms with Crippen molar-refractivity contribution in [3.8, 4) is 11.5 Å². The van der Waals surface area contributed by atoms with E-state index < -0.39 is 0 Å². The van der Waals surface area contributed by atoms with E-state index in [9.17, 15) is 4.79 Å². The van der Waals surface area contributed by atoms with Crippen LogP contribution in [0.3, 0.4) is 0 Å². The minimum absolute atomic E-state index is 0.0212. The average molecular weight is 399 g/mol. The highest BCUT2D eigenvalue weighted by Gasteiger charge is 2.30. The van der Waals surface area contributed by atoms with Gasteiger partial charge < -0.3 is 24.3 Å². The van der Waals surface area contributed by atoms with Gasteiger partial charge in [0.1, 0.15) is 11.5 Å². The number of aryl methyl sites for hydroxylation is 1. The molecule has 0 spiro atoms. The topological polar surface area (TPSA) is 68.3 Å². The fraction of sp³-hybridized carbons (Fsp3) is 0.208. The second-order valence-electron chi connectivity index (χ2n) is 7.67. The molecule has 0 aliphatic carbocycles. The van der Waals surface area contributed by atoms with Gasteiger partial charge in [0.25, 0.3) is 5.91 Å². The van der Waals surface area contributed by atoms with Crippen molar-refractivity contribution in [2.24, 2.45) is 0 Å². The molecule has 1 aliphatic heterocycles. The molecule has 0 fully saturated rings. The molecule has 6 heteroatoms. The molecular weight excluding hydrogens is 378 g/mol. The predicted molar refractivity (Wildman–Crippen MR) is 119 cm³/mol. The van der Waals surface area contributed by atoms with Crippen molar-refractivity contribution in [2.45, 2.75) is 20.0 Å². The van der Waals surface area contributed by atoms with Crippen LogP contribution >= 0.6 is 0 Å². The summed E-state index contributed by atoms with van der Waals surface area (Å²) in [7, 11) is 3.34. The third-order valence-corrected chi connectivity index (χ3v) is 6.34. The molecule has 0 bridgehead atoms. The van der Waals surface area contributed by atoms with Gasteiger partial charge in [-0.1, -0.05) is 0 Å². The van der Waals surface area contributed by atoms with Gasteiger partial charge in [-0.15, -0.1) is 0 Å². The maximum Gasteiger partial charge on any atom is 0.252 e. The number of methoxy groups -OCH3 is 2. The summed E-state index contributed by atoms with van der Waals surface area (Å²) in [4.78, 5) is 16.6. The molecule has 2 aromatic heterocycles. The highest BCUT2D eigenvalue weighted by atomic mass is 16.5. The van der Waals surface area contributed by atoms with Crippen LogP contribution in [0, 0.1) is 0 Å². The van der Waals surface area contributed by atoms with Crippen molar-refractivity contribution in [3.63, 3.8) is 0 Å². The van der Waals surface area contributed by atoms with E-state index in [4.69, 9.17) is 9.47 Å². The lowest BCUT2D eigenvalue weighted by Gasteiger charge is -2.07. The maximum absolute atomic E-state index is 13.0. The first kappa shape index (κ1) is 17.2. The van der Waals surface area contributed by atoms with Crippen LogP contribution in [-0.2, 0) is 13.1 Å². The second-order valence-corrected chi connectivity index (χ2v) is 7.67. The second kappa shape index (κ2) is 5.92. The lowest BCUT2D eigenvalue weighted by molar-refractivity contribution is 0.0967. The summed E-state index contributed by atoms with van der Waals surface area (Å²) >= 11 is 0. The van der Waals surface area contributed by atoms with E-state index in [1.165, 1.54) is 0 Å². The maximum atomic E-state index is 13.0. The summed E-state index contributed by atoms with van der Waals surface area (Å²) in [5.41, 5.74) is 6.05. The minimum Gasteiger partial charge on any atom is -0.497 e. The number of benzene rings is 3. The number of nitrogens with one attached hydrogen (secondary N) is 2. The zero-order valence-electron chi connectivity index (χ0n) is 17.1. The van der Waals surface area contributed by atoms with Crippen LogP contribution in [-0.4, -0.2) is 29.7 Å². The lowest BCUT2D eigenvalue weighted by atomic mass is 9.97. The predicted octanol–water partition coefficient (Wildman–Crippen LogP) is 4.71. The Kier molecular flexibility index (Phi) is 3.40. The van der Waals surface area contributed by atoms with Gasteiger partial charge in [-0.25, -0.2) is 0 Å². The monoisotopic (exact) mass is 399 g/mol. The summed E-state index contributed by atoms with van der Waals surface area (Å²) in [5.74, 6) is 1.56. The molecule has 0 radical (unpaired) electrons. The van der Waals surface area contributed by atoms with Crippen molar-refractivity contribution in [1.29, 1.82) is 0 Å². The van der Waals surface area contributed by atoms with Gasteiger partial charge in [-0.05, 0) is 48.9 Å². The average Bonchev–Trinajstić information content (AvgIpc) is 3.43. The van der Waals surface area contributed by atoms with Gasteiger partial charge in [-0.2, -0.15) is 0 Å². The smallest absolute Gasteiger partial charge is 0.252 e. The molecule has 0 saturated heterocycles. The van der Waals surface area contributed by atoms with Crippen molar-refractivity contribution < 1.29 is 14.3 Å². The van der Waals surface area contributed by atoms with E-state index in [0.717, 1.165) is 72.8 Å². The fourth-order valence-corrected chi connectivity index (χ4v) is 5.05. The van der Waals surface area contributed by atoms with Gasteiger partial charge in [0, 0.05) is 45.7 Å². The molecular formula is C24H21N3O3. The highest BCUT2D eigenvalue weighted by molar-refractivity contribution is 6.30. The molecule has 0 unspecified atom stereocenters. The van der Waals surface area contributed by atoms with Crippen molar-refractivity contribution in [2.75, 3.05) is 14.2 Å². The van der Waals surface area contributed by atoms with Gasteiger partial charge in [0.05, 0.1) is 30.8 Å². The van der Waals surface area contributed by atoms with Crippen molar-refractivity contribution >= 4 is 49.5 Å². The number of fused-ring (bicyclic) bond motifs is 10. The van der Waals surface area contributed by atoms with Crippen molar-refractivity contribution in [1.82, 2.24) is 14.9 Å². The number of amides is 1. The number of nitrogens with zero attached hydrogens (tertiary/aromatic N) is 1. The number of H-pyrrole nitrogens is 1. The lowest BCUT2D eigenvalue weighted by Crippen LogP contribution is -2.12. The van der Waals surface area contributed by atoms with E-state index in [1.807, 2.05) is 30.3 Å². The van der Waals surface area contributed by atoms with E-state index >= 15 is 0 Å². The highest BCUT2D eigenvalue weighted by Crippen LogP contribution is 2.44. The molecule has 0 saturated carbocycles. The molecule has 3 aromatic carbocycles. The Labute approximate surface area is 172 Å². The first-order chi connectivity index (χ1) is 14.7. The number of aromatic nitrogens is 2. The van der Waals surface area contributed by atoms with Gasteiger partial charge in [-0.3, -0.25) is 4.79 Å². The number of hydrogen-bond donors (Lipinski definition) is 2. The largest absolute Gasteiger partial charge is 0.497 e. The molecule has 2 N–H and O–H groups in total. The molecule has 6 nitrogen and oxygen atoms in total. The normalized spacial score (nSPS) is 13.5. The molecule has 30 heavy (non-hydrogen) atoms. The van der Waals surface area contributed by atoms with Crippen molar-refractivity contribution in [3.05, 3.63) is 47.5 Å². The molecule has 5 aromatic rings. The SMILES string of the molecule is CCn1c2ccc(OC)cc2c2c3c(c4c5cc(OC)ccc5[nH]c4c21)CNC3=O. The number of carbonyl (C=O) groups is 1. The standard InChI is InChI=1S/C24H21N3O3/c1-4-27-18-8-6-13(30-3)10-15(18)20-21-16(11-25-24(21)28)19-14-9-12(29-2)5-7-17(14)26-22(19)23(20)27/h5-10,26H,4,11H2,1-3H3,(H,25,28). The third kappa shape index (κ3) is 2.00. The first-order valence-corrected chi connectivity index (χ1v) is 10.1. The van der Waals surface area contributed by atoms with Crippen LogP contribution in [0.25, 0.3) is 43.6 Å². The molecule has 1 amide bonds. The number of aromatic amines is 1. The summed E-state index contributed by atoms with van der Waals surface area (Å²) in [6.45, 7) is 3.45. The van der Waals surface area contributed by atoms with Gasteiger partial charge >= 0.3 is 0 Å². The zero-order chi connectivity index (χ0) is 20.6. The first-order valence-electron chi connectivity index (χ1n) is 10.1. The molecule has 150 valence electrons. The van der Waals surface area contributed by atoms with Gasteiger partial charge in [0.15, 0.2) is 0 Å². The molecule has 0 atom stereocenters.